The average molecular weight is 550 g/mol. The Hall–Kier alpha value is -3.62. The number of thiol groups is 1. The highest BCUT2D eigenvalue weighted by Crippen LogP contribution is 2.19. The smallest absolute Gasteiger partial charge is 0.326 e. The van der Waals surface area contributed by atoms with E-state index in [4.69, 9.17) is 17.2 Å². The van der Waals surface area contributed by atoms with Crippen molar-refractivity contribution in [1.29, 1.82) is 0 Å². The number of aliphatic carboxylic acids is 1. The minimum Gasteiger partial charge on any atom is -0.480 e. The number of primary amides is 1. The number of fused-ring (bicyclic) bond motifs is 1. The molecule has 0 spiro atoms. The van der Waals surface area contributed by atoms with E-state index in [9.17, 15) is 29.1 Å². The van der Waals surface area contributed by atoms with Crippen molar-refractivity contribution in [3.05, 3.63) is 36.0 Å². The maximum Gasteiger partial charge on any atom is 0.326 e. The number of rotatable bonds is 16. The fourth-order valence-electron chi connectivity index (χ4n) is 3.81. The molecule has 0 aliphatic carbocycles. The predicted octanol–water partition coefficient (Wildman–Crippen LogP) is -1.49. The van der Waals surface area contributed by atoms with Crippen LogP contribution in [0.25, 0.3) is 10.9 Å². The molecule has 0 fully saturated rings. The third-order valence-electron chi connectivity index (χ3n) is 5.87. The van der Waals surface area contributed by atoms with Crippen LogP contribution in [0.1, 0.15) is 31.2 Å². The number of hydrogen-bond donors (Lipinski definition) is 9. The first-order chi connectivity index (χ1) is 18.1. The minimum absolute atomic E-state index is 0.0304. The van der Waals surface area contributed by atoms with E-state index in [1.807, 2.05) is 24.3 Å². The molecule has 1 heterocycles. The number of aromatic nitrogens is 1. The van der Waals surface area contributed by atoms with Crippen LogP contribution in [0.3, 0.4) is 0 Å². The molecule has 2 aromatic rings. The molecule has 0 saturated carbocycles. The van der Waals surface area contributed by atoms with E-state index in [2.05, 4.69) is 33.6 Å². The molecular weight excluding hydrogens is 514 g/mol. The van der Waals surface area contributed by atoms with Crippen LogP contribution in [0.15, 0.2) is 30.5 Å². The van der Waals surface area contributed by atoms with Gasteiger partial charge in [0.25, 0.3) is 0 Å². The van der Waals surface area contributed by atoms with Crippen LogP contribution in [0.2, 0.25) is 0 Å². The Morgan fingerprint density at radius 1 is 0.947 bits per heavy atom. The summed E-state index contributed by atoms with van der Waals surface area (Å²) in [7, 11) is 0. The maximum absolute atomic E-state index is 13.3. The molecule has 0 bridgehead atoms. The van der Waals surface area contributed by atoms with Crippen molar-refractivity contribution in [3.8, 4) is 0 Å². The Labute approximate surface area is 225 Å². The molecule has 11 N–H and O–H groups in total. The van der Waals surface area contributed by atoms with E-state index in [-0.39, 0.29) is 18.6 Å². The predicted molar refractivity (Wildman–Crippen MR) is 144 cm³/mol. The lowest BCUT2D eigenvalue weighted by Gasteiger charge is -2.24. The lowest BCUT2D eigenvalue weighted by Crippen LogP contribution is -2.58. The SMILES string of the molecule is NCCCCC(NC(=O)C(CS)NC(=O)C(Cc1c[nH]c2ccccc12)NC(=O)C(N)CC(N)=O)C(=O)O. The first kappa shape index (κ1) is 30.6. The third-order valence-corrected chi connectivity index (χ3v) is 6.23. The molecule has 0 aliphatic heterocycles. The Morgan fingerprint density at radius 2 is 1.58 bits per heavy atom. The topological polar surface area (TPSA) is 236 Å². The molecule has 208 valence electrons. The number of nitrogens with one attached hydrogen (secondary N) is 4. The van der Waals surface area contributed by atoms with Crippen LogP contribution in [-0.2, 0) is 30.4 Å². The van der Waals surface area contributed by atoms with Crippen molar-refractivity contribution < 1.29 is 29.1 Å². The van der Waals surface area contributed by atoms with Gasteiger partial charge in [-0.3, -0.25) is 19.2 Å². The van der Waals surface area contributed by atoms with Gasteiger partial charge in [-0.25, -0.2) is 4.79 Å². The lowest BCUT2D eigenvalue weighted by molar-refractivity contribution is -0.142. The molecule has 0 radical (unpaired) electrons. The Kier molecular flexibility index (Phi) is 12.0. The quantitative estimate of drug-likeness (QED) is 0.0881. The van der Waals surface area contributed by atoms with Crippen molar-refractivity contribution in [3.63, 3.8) is 0 Å². The molecule has 4 atom stereocenters. The molecule has 4 unspecified atom stereocenters. The highest BCUT2D eigenvalue weighted by molar-refractivity contribution is 7.80. The number of carbonyl (C=O) groups excluding carboxylic acids is 4. The average Bonchev–Trinajstić information content (AvgIpc) is 3.28. The van der Waals surface area contributed by atoms with Gasteiger partial charge in [0, 0.05) is 29.3 Å². The molecular formula is C24H35N7O6S. The van der Waals surface area contributed by atoms with Crippen LogP contribution < -0.4 is 33.2 Å². The number of carbonyl (C=O) groups is 5. The zero-order valence-corrected chi connectivity index (χ0v) is 21.7. The first-order valence-electron chi connectivity index (χ1n) is 12.1. The van der Waals surface area contributed by atoms with E-state index >= 15 is 0 Å². The number of H-pyrrole nitrogens is 1. The zero-order valence-electron chi connectivity index (χ0n) is 20.8. The van der Waals surface area contributed by atoms with Gasteiger partial charge in [-0.1, -0.05) is 18.2 Å². The van der Waals surface area contributed by atoms with Crippen molar-refractivity contribution >= 4 is 53.1 Å². The summed E-state index contributed by atoms with van der Waals surface area (Å²) in [4.78, 5) is 64.5. The monoisotopic (exact) mass is 549 g/mol. The van der Waals surface area contributed by atoms with Crippen LogP contribution in [0.4, 0.5) is 0 Å². The van der Waals surface area contributed by atoms with E-state index in [1.165, 1.54) is 0 Å². The standard InChI is InChI=1S/C24H35N7O6S/c25-8-4-3-7-17(24(36)37)29-23(35)19(12-38)31-22(34)18(30-21(33)15(26)10-20(27)32)9-13-11-28-16-6-2-1-5-14(13)16/h1-2,5-6,11,15,17-19,28,38H,3-4,7-10,12,25-26H2,(H2,27,32)(H,29,35)(H,30,33)(H,31,34)(H,36,37). The van der Waals surface area contributed by atoms with Gasteiger partial charge in [0.2, 0.25) is 23.6 Å². The summed E-state index contributed by atoms with van der Waals surface area (Å²) in [5.74, 6) is -4.37. The lowest BCUT2D eigenvalue weighted by atomic mass is 10.0. The second-order valence-corrected chi connectivity index (χ2v) is 9.19. The van der Waals surface area contributed by atoms with Crippen molar-refractivity contribution in [2.45, 2.75) is 56.3 Å². The fraction of sp³-hybridized carbons (Fsp3) is 0.458. The second kappa shape index (κ2) is 15.0. The van der Waals surface area contributed by atoms with Crippen molar-refractivity contribution in [1.82, 2.24) is 20.9 Å². The molecule has 38 heavy (non-hydrogen) atoms. The number of hydrogen-bond acceptors (Lipinski definition) is 8. The highest BCUT2D eigenvalue weighted by Gasteiger charge is 2.30. The number of carboxylic acid groups (broad SMARTS) is 1. The molecule has 14 heteroatoms. The summed E-state index contributed by atoms with van der Waals surface area (Å²) in [5.41, 5.74) is 17.9. The first-order valence-corrected chi connectivity index (χ1v) is 12.7. The summed E-state index contributed by atoms with van der Waals surface area (Å²) in [6.45, 7) is 0.391. The van der Waals surface area contributed by atoms with E-state index < -0.39 is 60.2 Å². The minimum atomic E-state index is -1.28. The Morgan fingerprint density at radius 3 is 2.21 bits per heavy atom. The van der Waals surface area contributed by atoms with Gasteiger partial charge in [0.15, 0.2) is 0 Å². The second-order valence-electron chi connectivity index (χ2n) is 8.83. The van der Waals surface area contributed by atoms with Crippen LogP contribution in [-0.4, -0.2) is 76.2 Å². The molecule has 4 amide bonds. The number of nitrogens with two attached hydrogens (primary N) is 3. The number of aromatic amines is 1. The molecule has 2 rings (SSSR count). The van der Waals surface area contributed by atoms with Crippen LogP contribution >= 0.6 is 12.6 Å². The van der Waals surface area contributed by atoms with Gasteiger partial charge in [0.05, 0.1) is 12.5 Å². The molecule has 0 aliphatic rings. The summed E-state index contributed by atoms with van der Waals surface area (Å²) in [6, 6.07) is 2.54. The zero-order chi connectivity index (χ0) is 28.2. The summed E-state index contributed by atoms with van der Waals surface area (Å²) in [6.07, 6.45) is 2.57. The van der Waals surface area contributed by atoms with Crippen molar-refractivity contribution in [2.24, 2.45) is 17.2 Å². The van der Waals surface area contributed by atoms with Gasteiger partial charge >= 0.3 is 5.97 Å². The number of benzene rings is 1. The molecule has 1 aromatic carbocycles. The van der Waals surface area contributed by atoms with Gasteiger partial charge in [-0.2, -0.15) is 12.6 Å². The fourth-order valence-corrected chi connectivity index (χ4v) is 4.06. The highest BCUT2D eigenvalue weighted by atomic mass is 32.1. The number of carboxylic acids is 1. The number of unbranched alkanes of at least 4 members (excludes halogenated alkanes) is 1. The summed E-state index contributed by atoms with van der Waals surface area (Å²) in [5, 5.41) is 17.7. The molecule has 1 aromatic heterocycles. The van der Waals surface area contributed by atoms with Gasteiger partial charge in [-0.05, 0) is 37.4 Å². The largest absolute Gasteiger partial charge is 0.480 e. The van der Waals surface area contributed by atoms with Crippen LogP contribution in [0, 0.1) is 0 Å². The Balaban J connectivity index is 2.20. The number of para-hydroxylation sites is 1. The van der Waals surface area contributed by atoms with Gasteiger partial charge in [0.1, 0.15) is 18.1 Å². The third kappa shape index (κ3) is 9.04. The number of amides is 4. The summed E-state index contributed by atoms with van der Waals surface area (Å²) < 4.78 is 0. The molecule has 13 nitrogen and oxygen atoms in total. The van der Waals surface area contributed by atoms with E-state index in [0.29, 0.717) is 24.9 Å². The van der Waals surface area contributed by atoms with E-state index in [0.717, 1.165) is 10.9 Å². The summed E-state index contributed by atoms with van der Waals surface area (Å²) >= 11 is 4.13. The van der Waals surface area contributed by atoms with Crippen LogP contribution in [0.5, 0.6) is 0 Å². The van der Waals surface area contributed by atoms with Gasteiger partial charge < -0.3 is 43.2 Å². The van der Waals surface area contributed by atoms with Crippen molar-refractivity contribution in [2.75, 3.05) is 12.3 Å². The van der Waals surface area contributed by atoms with Gasteiger partial charge in [-0.15, -0.1) is 0 Å². The maximum atomic E-state index is 13.3. The molecule has 0 saturated heterocycles. The Bertz CT molecular complexity index is 1140. The normalized spacial score (nSPS) is 14.2. The van der Waals surface area contributed by atoms with E-state index in [1.54, 1.807) is 6.20 Å².